The molecule has 0 amide bonds. The highest BCUT2D eigenvalue weighted by molar-refractivity contribution is 6.19. The fourth-order valence-corrected chi connectivity index (χ4v) is 2.92. The summed E-state index contributed by atoms with van der Waals surface area (Å²) in [5.41, 5.74) is 1.02. The van der Waals surface area contributed by atoms with E-state index in [1.165, 1.54) is 10.8 Å². The topological polar surface area (TPSA) is 78.8 Å². The first-order valence-corrected chi connectivity index (χ1v) is 7.89. The second-order valence-corrected chi connectivity index (χ2v) is 5.92. The number of imidazole rings is 2. The highest BCUT2D eigenvalue weighted by Crippen LogP contribution is 2.31. The lowest BCUT2D eigenvalue weighted by atomic mass is 10.3. The van der Waals surface area contributed by atoms with Crippen LogP contribution in [0.25, 0.3) is 22.7 Å². The fraction of sp³-hybridized carbons (Fsp3) is 0.286. The number of nitro groups is 1. The molecule has 0 fully saturated rings. The van der Waals surface area contributed by atoms with Crippen molar-refractivity contribution in [1.29, 1.82) is 0 Å². The number of nitrogens with zero attached hydrogens (tertiary/aromatic N) is 5. The van der Waals surface area contributed by atoms with Gasteiger partial charge >= 0.3 is 5.82 Å². The number of aryl methyl sites for hydroxylation is 1. The summed E-state index contributed by atoms with van der Waals surface area (Å²) in [6, 6.07) is 7.57. The van der Waals surface area contributed by atoms with Crippen molar-refractivity contribution >= 4 is 40.1 Å². The van der Waals surface area contributed by atoms with E-state index in [1.807, 2.05) is 28.8 Å². The standard InChI is InChI=1S/C14H13Cl2N5O2/c1-9(16)20-12(21(22)23)8-17-13(20)14-18-10-4-2-3-5-11(10)19(14)7-6-15/h2-5,8-9H,6-7H2,1H3. The van der Waals surface area contributed by atoms with Gasteiger partial charge < -0.3 is 14.7 Å². The number of rotatable bonds is 5. The summed E-state index contributed by atoms with van der Waals surface area (Å²) in [6.45, 7) is 2.16. The van der Waals surface area contributed by atoms with Gasteiger partial charge in [-0.2, -0.15) is 4.57 Å². The smallest absolute Gasteiger partial charge is 0.344 e. The fourth-order valence-electron chi connectivity index (χ4n) is 2.56. The zero-order valence-corrected chi connectivity index (χ0v) is 13.7. The second-order valence-electron chi connectivity index (χ2n) is 4.91. The van der Waals surface area contributed by atoms with Crippen molar-refractivity contribution in [3.8, 4) is 11.6 Å². The van der Waals surface area contributed by atoms with Crippen LogP contribution in [0.1, 0.15) is 12.4 Å². The van der Waals surface area contributed by atoms with Crippen molar-refractivity contribution in [3.63, 3.8) is 0 Å². The normalized spacial score (nSPS) is 12.7. The molecular weight excluding hydrogens is 341 g/mol. The monoisotopic (exact) mass is 353 g/mol. The number of para-hydroxylation sites is 2. The Morgan fingerprint density at radius 2 is 2.09 bits per heavy atom. The molecule has 0 saturated heterocycles. The molecule has 23 heavy (non-hydrogen) atoms. The summed E-state index contributed by atoms with van der Waals surface area (Å²) in [5, 5.41) is 11.2. The molecule has 2 heterocycles. The van der Waals surface area contributed by atoms with E-state index in [1.54, 1.807) is 6.92 Å². The molecule has 0 bridgehead atoms. The van der Waals surface area contributed by atoms with Gasteiger partial charge in [0.05, 0.1) is 11.0 Å². The predicted molar refractivity (Wildman–Crippen MR) is 88.9 cm³/mol. The molecule has 1 atom stereocenters. The molecular formula is C14H13Cl2N5O2. The van der Waals surface area contributed by atoms with Crippen LogP contribution < -0.4 is 0 Å². The van der Waals surface area contributed by atoms with Crippen LogP contribution >= 0.6 is 23.2 Å². The Morgan fingerprint density at radius 3 is 2.74 bits per heavy atom. The van der Waals surface area contributed by atoms with Gasteiger partial charge in [0, 0.05) is 12.4 Å². The molecule has 1 aromatic carbocycles. The largest absolute Gasteiger partial charge is 0.358 e. The zero-order valence-electron chi connectivity index (χ0n) is 12.2. The molecule has 1 unspecified atom stereocenters. The highest BCUT2D eigenvalue weighted by Gasteiger charge is 2.28. The van der Waals surface area contributed by atoms with Crippen LogP contribution in [-0.2, 0) is 6.54 Å². The average Bonchev–Trinajstić information content (AvgIpc) is 3.09. The Labute approximate surface area is 141 Å². The lowest BCUT2D eigenvalue weighted by Gasteiger charge is -2.08. The third-order valence-electron chi connectivity index (χ3n) is 3.48. The van der Waals surface area contributed by atoms with Crippen LogP contribution in [0.15, 0.2) is 30.5 Å². The first-order valence-electron chi connectivity index (χ1n) is 6.92. The van der Waals surface area contributed by atoms with Gasteiger partial charge in [0.2, 0.25) is 5.82 Å². The Bertz CT molecular complexity index is 871. The van der Waals surface area contributed by atoms with Gasteiger partial charge in [-0.05, 0) is 24.0 Å². The number of fused-ring (bicyclic) bond motifs is 1. The van der Waals surface area contributed by atoms with E-state index < -0.39 is 10.4 Å². The van der Waals surface area contributed by atoms with E-state index in [2.05, 4.69) is 9.97 Å². The van der Waals surface area contributed by atoms with E-state index >= 15 is 0 Å². The maximum Gasteiger partial charge on any atom is 0.344 e. The minimum Gasteiger partial charge on any atom is -0.358 e. The summed E-state index contributed by atoms with van der Waals surface area (Å²) < 4.78 is 3.25. The van der Waals surface area contributed by atoms with Gasteiger partial charge in [0.25, 0.3) is 5.82 Å². The molecule has 9 heteroatoms. The minimum absolute atomic E-state index is 0.174. The molecule has 0 aliphatic rings. The Hall–Kier alpha value is -2.12. The van der Waals surface area contributed by atoms with Crippen LogP contribution in [0.2, 0.25) is 0 Å². The number of aromatic nitrogens is 4. The summed E-state index contributed by atoms with van der Waals surface area (Å²) >= 11 is 12.0. The summed E-state index contributed by atoms with van der Waals surface area (Å²) in [7, 11) is 0. The third kappa shape index (κ3) is 2.66. The zero-order chi connectivity index (χ0) is 16.6. The Balaban J connectivity index is 2.28. The van der Waals surface area contributed by atoms with Gasteiger partial charge in [-0.15, -0.1) is 11.6 Å². The average molecular weight is 354 g/mol. The lowest BCUT2D eigenvalue weighted by Crippen LogP contribution is -2.09. The van der Waals surface area contributed by atoms with E-state index in [4.69, 9.17) is 23.2 Å². The highest BCUT2D eigenvalue weighted by atomic mass is 35.5. The van der Waals surface area contributed by atoms with Gasteiger partial charge in [-0.3, -0.25) is 0 Å². The van der Waals surface area contributed by atoms with Gasteiger partial charge in [0.15, 0.2) is 5.50 Å². The Morgan fingerprint density at radius 1 is 1.35 bits per heavy atom. The van der Waals surface area contributed by atoms with Gasteiger partial charge in [-0.25, -0.2) is 9.97 Å². The molecule has 0 spiro atoms. The molecule has 0 saturated carbocycles. The summed E-state index contributed by atoms with van der Waals surface area (Å²) in [5.74, 6) is 1.06. The molecule has 0 aliphatic carbocycles. The molecule has 2 aromatic heterocycles. The lowest BCUT2D eigenvalue weighted by molar-refractivity contribution is -0.392. The number of hydrogen-bond acceptors (Lipinski definition) is 4. The first kappa shape index (κ1) is 15.8. The molecule has 3 rings (SSSR count). The number of alkyl halides is 2. The van der Waals surface area contributed by atoms with Crippen molar-refractivity contribution < 1.29 is 4.92 Å². The van der Waals surface area contributed by atoms with Crippen LogP contribution in [0, 0.1) is 10.1 Å². The SMILES string of the molecule is CC(Cl)n1c([N+](=O)[O-])cnc1-c1nc2ccccc2n1CCCl. The quantitative estimate of drug-likeness (QED) is 0.397. The van der Waals surface area contributed by atoms with Crippen molar-refractivity contribution in [2.24, 2.45) is 0 Å². The Kier molecular flexibility index (Phi) is 4.23. The van der Waals surface area contributed by atoms with E-state index in [9.17, 15) is 10.1 Å². The number of hydrogen-bond donors (Lipinski definition) is 0. The van der Waals surface area contributed by atoms with Crippen molar-refractivity contribution in [3.05, 3.63) is 40.6 Å². The maximum atomic E-state index is 11.2. The van der Waals surface area contributed by atoms with Crippen molar-refractivity contribution in [2.45, 2.75) is 19.0 Å². The summed E-state index contributed by atoms with van der Waals surface area (Å²) in [6.07, 6.45) is 1.19. The number of benzene rings is 1. The predicted octanol–water partition coefficient (Wildman–Crippen LogP) is 3.80. The van der Waals surface area contributed by atoms with Gasteiger partial charge in [0.1, 0.15) is 6.20 Å². The van der Waals surface area contributed by atoms with Crippen molar-refractivity contribution in [2.75, 3.05) is 5.88 Å². The van der Waals surface area contributed by atoms with Crippen LogP contribution in [0.4, 0.5) is 5.82 Å². The maximum absolute atomic E-state index is 11.2. The molecule has 0 aliphatic heterocycles. The van der Waals surface area contributed by atoms with E-state index in [0.717, 1.165) is 11.0 Å². The summed E-state index contributed by atoms with van der Waals surface area (Å²) in [4.78, 5) is 19.4. The van der Waals surface area contributed by atoms with Gasteiger partial charge in [-0.1, -0.05) is 23.7 Å². The molecule has 0 N–H and O–H groups in total. The molecule has 3 aromatic rings. The van der Waals surface area contributed by atoms with E-state index in [-0.39, 0.29) is 5.82 Å². The van der Waals surface area contributed by atoms with E-state index in [0.29, 0.717) is 24.1 Å². The number of halogens is 2. The second kappa shape index (κ2) is 6.17. The van der Waals surface area contributed by atoms with Crippen LogP contribution in [-0.4, -0.2) is 29.9 Å². The molecule has 120 valence electrons. The third-order valence-corrected chi connectivity index (χ3v) is 3.85. The molecule has 7 nitrogen and oxygen atoms in total. The minimum atomic E-state index is -0.642. The van der Waals surface area contributed by atoms with Crippen LogP contribution in [0.3, 0.4) is 0 Å². The van der Waals surface area contributed by atoms with Crippen LogP contribution in [0.5, 0.6) is 0 Å². The van der Waals surface area contributed by atoms with Crippen molar-refractivity contribution in [1.82, 2.24) is 19.1 Å². The first-order chi connectivity index (χ1) is 11.0. The molecule has 0 radical (unpaired) electrons.